The van der Waals surface area contributed by atoms with Crippen molar-refractivity contribution < 1.29 is 32.6 Å². The summed E-state index contributed by atoms with van der Waals surface area (Å²) in [5.41, 5.74) is -2.32. The molecule has 182 valence electrons. The number of pyridine rings is 1. The van der Waals surface area contributed by atoms with Gasteiger partial charge in [-0.1, -0.05) is 0 Å². The first-order valence-electron chi connectivity index (χ1n) is 10.2. The number of halogens is 3. The van der Waals surface area contributed by atoms with Crippen LogP contribution in [-0.4, -0.2) is 37.4 Å². The SMILES string of the molecule is O=C(NC1(C(=O)NCc2ccc(Oc3ccc(O)cc3C(F)(F)F)cn2)CC1)c1cnc(=O)[nH]c1. The van der Waals surface area contributed by atoms with E-state index in [2.05, 4.69) is 25.6 Å². The molecule has 0 spiro atoms. The third kappa shape index (κ3) is 5.57. The van der Waals surface area contributed by atoms with Gasteiger partial charge in [-0.2, -0.15) is 13.2 Å². The lowest BCUT2D eigenvalue weighted by atomic mass is 10.2. The first kappa shape index (κ1) is 23.7. The molecular formula is C22H18F3N5O5. The van der Waals surface area contributed by atoms with Crippen LogP contribution in [-0.2, 0) is 17.5 Å². The number of nitrogens with one attached hydrogen (secondary N) is 3. The van der Waals surface area contributed by atoms with Gasteiger partial charge in [0.2, 0.25) is 5.91 Å². The van der Waals surface area contributed by atoms with Crippen LogP contribution >= 0.6 is 0 Å². The van der Waals surface area contributed by atoms with Crippen LogP contribution in [0.3, 0.4) is 0 Å². The molecule has 1 saturated carbocycles. The van der Waals surface area contributed by atoms with Gasteiger partial charge in [0.05, 0.1) is 24.0 Å². The van der Waals surface area contributed by atoms with Gasteiger partial charge >= 0.3 is 11.9 Å². The van der Waals surface area contributed by atoms with E-state index in [9.17, 15) is 32.7 Å². The average molecular weight is 489 g/mol. The Morgan fingerprint density at radius 2 is 1.91 bits per heavy atom. The zero-order valence-electron chi connectivity index (χ0n) is 17.8. The summed E-state index contributed by atoms with van der Waals surface area (Å²) in [6, 6.07) is 5.49. The maximum atomic E-state index is 13.2. The van der Waals surface area contributed by atoms with Crippen LogP contribution in [0, 0.1) is 0 Å². The molecule has 2 heterocycles. The van der Waals surface area contributed by atoms with Gasteiger partial charge in [-0.15, -0.1) is 0 Å². The van der Waals surface area contributed by atoms with E-state index in [0.717, 1.165) is 18.3 Å². The highest BCUT2D eigenvalue weighted by Crippen LogP contribution is 2.40. The van der Waals surface area contributed by atoms with Crippen molar-refractivity contribution in [2.75, 3.05) is 0 Å². The zero-order valence-corrected chi connectivity index (χ0v) is 17.8. The van der Waals surface area contributed by atoms with Crippen molar-refractivity contribution in [1.29, 1.82) is 0 Å². The van der Waals surface area contributed by atoms with E-state index in [0.29, 0.717) is 24.6 Å². The van der Waals surface area contributed by atoms with Crippen molar-refractivity contribution in [1.82, 2.24) is 25.6 Å². The Balaban J connectivity index is 1.35. The van der Waals surface area contributed by atoms with E-state index in [1.807, 2.05) is 0 Å². The molecule has 13 heteroatoms. The molecule has 4 N–H and O–H groups in total. The minimum Gasteiger partial charge on any atom is -0.508 e. The lowest BCUT2D eigenvalue weighted by Crippen LogP contribution is -2.49. The van der Waals surface area contributed by atoms with Gasteiger partial charge in [-0.05, 0) is 43.2 Å². The largest absolute Gasteiger partial charge is 0.508 e. The number of nitrogens with zero attached hydrogens (tertiary/aromatic N) is 2. The Bertz CT molecular complexity index is 1300. The fourth-order valence-electron chi connectivity index (χ4n) is 3.16. The summed E-state index contributed by atoms with van der Waals surface area (Å²) in [6.07, 6.45) is -0.375. The van der Waals surface area contributed by atoms with Crippen molar-refractivity contribution in [3.63, 3.8) is 0 Å². The highest BCUT2D eigenvalue weighted by atomic mass is 19.4. The average Bonchev–Trinajstić information content (AvgIpc) is 3.60. The quantitative estimate of drug-likeness (QED) is 0.398. The minimum atomic E-state index is -4.73. The Morgan fingerprint density at radius 1 is 1.14 bits per heavy atom. The molecule has 2 amide bonds. The number of aromatic amines is 1. The summed E-state index contributed by atoms with van der Waals surface area (Å²) in [7, 11) is 0. The highest BCUT2D eigenvalue weighted by Gasteiger charge is 2.51. The van der Waals surface area contributed by atoms with Crippen LogP contribution in [0.1, 0.15) is 34.5 Å². The molecule has 0 radical (unpaired) electrons. The number of carbonyl (C=O) groups is 2. The van der Waals surface area contributed by atoms with Gasteiger partial charge in [0.1, 0.15) is 28.4 Å². The smallest absolute Gasteiger partial charge is 0.420 e. The summed E-state index contributed by atoms with van der Waals surface area (Å²) >= 11 is 0. The van der Waals surface area contributed by atoms with E-state index in [1.165, 1.54) is 24.5 Å². The van der Waals surface area contributed by atoms with Gasteiger partial charge in [0.25, 0.3) is 5.91 Å². The molecule has 10 nitrogen and oxygen atoms in total. The van der Waals surface area contributed by atoms with Crippen molar-refractivity contribution in [3.05, 3.63) is 76.2 Å². The molecule has 1 aliphatic carbocycles. The van der Waals surface area contributed by atoms with Crippen molar-refractivity contribution >= 4 is 11.8 Å². The Kier molecular flexibility index (Phi) is 6.16. The second kappa shape index (κ2) is 9.08. The molecule has 0 aliphatic heterocycles. The van der Waals surface area contributed by atoms with Crippen LogP contribution in [0.25, 0.3) is 0 Å². The number of ether oxygens (including phenoxy) is 1. The third-order valence-corrected chi connectivity index (χ3v) is 5.20. The van der Waals surface area contributed by atoms with Crippen molar-refractivity contribution in [3.8, 4) is 17.2 Å². The minimum absolute atomic E-state index is 0.00393. The standard InChI is InChI=1S/C22H18F3N5O5/c23-22(24,25)16-7-14(31)2-4-17(16)35-15-3-1-13(26-11-15)10-27-19(33)21(5-6-21)30-18(32)12-8-28-20(34)29-9-12/h1-4,7-9,11,31H,5-6,10H2,(H,27,33)(H,30,32)(H,28,29,34). The van der Waals surface area contributed by atoms with Gasteiger partial charge in [-0.3, -0.25) is 14.6 Å². The van der Waals surface area contributed by atoms with Gasteiger partial charge in [0.15, 0.2) is 0 Å². The number of phenols is 1. The molecule has 1 aromatic carbocycles. The molecule has 35 heavy (non-hydrogen) atoms. The number of carbonyl (C=O) groups excluding carboxylic acids is 2. The highest BCUT2D eigenvalue weighted by molar-refractivity contribution is 6.00. The number of benzene rings is 1. The summed E-state index contributed by atoms with van der Waals surface area (Å²) in [4.78, 5) is 45.8. The number of alkyl halides is 3. The predicted molar refractivity (Wildman–Crippen MR) is 114 cm³/mol. The number of phenolic OH excluding ortho intramolecular Hbond substituents is 1. The van der Waals surface area contributed by atoms with E-state index in [1.54, 1.807) is 0 Å². The van der Waals surface area contributed by atoms with E-state index >= 15 is 0 Å². The Hall–Kier alpha value is -4.42. The zero-order chi connectivity index (χ0) is 25.2. The van der Waals surface area contributed by atoms with Crippen molar-refractivity contribution in [2.45, 2.75) is 31.1 Å². The molecule has 0 saturated heterocycles. The van der Waals surface area contributed by atoms with Crippen molar-refractivity contribution in [2.24, 2.45) is 0 Å². The molecule has 0 unspecified atom stereocenters. The van der Waals surface area contributed by atoms with E-state index < -0.39 is 46.3 Å². The predicted octanol–water partition coefficient (Wildman–Crippen LogP) is 2.26. The number of rotatable bonds is 7. The second-order valence-electron chi connectivity index (χ2n) is 7.79. The number of H-pyrrole nitrogens is 1. The van der Waals surface area contributed by atoms with Gasteiger partial charge in [0, 0.05) is 12.4 Å². The number of hydrogen-bond donors (Lipinski definition) is 4. The fraction of sp³-hybridized carbons (Fsp3) is 0.227. The maximum Gasteiger partial charge on any atom is 0.420 e. The van der Waals surface area contributed by atoms with E-state index in [4.69, 9.17) is 4.74 Å². The first-order chi connectivity index (χ1) is 16.6. The topological polar surface area (TPSA) is 146 Å². The maximum absolute atomic E-state index is 13.2. The molecule has 0 atom stereocenters. The summed E-state index contributed by atoms with van der Waals surface area (Å²) in [6.45, 7) is 0.00393. The van der Waals surface area contributed by atoms with Gasteiger partial charge in [-0.25, -0.2) is 9.78 Å². The molecule has 1 aliphatic rings. The lowest BCUT2D eigenvalue weighted by Gasteiger charge is -2.17. The van der Waals surface area contributed by atoms with Crippen LogP contribution in [0.4, 0.5) is 13.2 Å². The van der Waals surface area contributed by atoms with Gasteiger partial charge < -0.3 is 25.5 Å². The lowest BCUT2D eigenvalue weighted by molar-refractivity contribution is -0.138. The Labute approximate surface area is 195 Å². The molecule has 4 rings (SSSR count). The number of hydrogen-bond acceptors (Lipinski definition) is 7. The number of aromatic hydroxyl groups is 1. The fourth-order valence-corrected chi connectivity index (χ4v) is 3.16. The van der Waals surface area contributed by atoms with E-state index in [-0.39, 0.29) is 17.9 Å². The summed E-state index contributed by atoms with van der Waals surface area (Å²) in [5.74, 6) is -2.01. The number of amides is 2. The number of aromatic nitrogens is 3. The molecular weight excluding hydrogens is 471 g/mol. The second-order valence-corrected chi connectivity index (χ2v) is 7.79. The molecule has 2 aromatic heterocycles. The molecule has 0 bridgehead atoms. The van der Waals surface area contributed by atoms with Crippen LogP contribution in [0.2, 0.25) is 0 Å². The van der Waals surface area contributed by atoms with Crippen LogP contribution in [0.5, 0.6) is 17.2 Å². The van der Waals surface area contributed by atoms with Crippen LogP contribution in [0.15, 0.2) is 53.7 Å². The molecule has 1 fully saturated rings. The normalized spacial score (nSPS) is 14.1. The molecule has 3 aromatic rings. The Morgan fingerprint density at radius 3 is 2.51 bits per heavy atom. The summed E-state index contributed by atoms with van der Waals surface area (Å²) in [5, 5.41) is 14.6. The van der Waals surface area contributed by atoms with Crippen LogP contribution < -0.4 is 21.1 Å². The summed E-state index contributed by atoms with van der Waals surface area (Å²) < 4.78 is 44.8. The third-order valence-electron chi connectivity index (χ3n) is 5.20. The first-order valence-corrected chi connectivity index (χ1v) is 10.2. The monoisotopic (exact) mass is 489 g/mol.